The summed E-state index contributed by atoms with van der Waals surface area (Å²) in [4.78, 5) is 22.3. The summed E-state index contributed by atoms with van der Waals surface area (Å²) in [6.45, 7) is 3.37. The summed E-state index contributed by atoms with van der Waals surface area (Å²) < 4.78 is 33.0. The molecule has 3 N–H and O–H groups in total. The Labute approximate surface area is 262 Å². The van der Waals surface area contributed by atoms with Gasteiger partial charge in [0.05, 0.1) is 26.4 Å². The second-order valence-corrected chi connectivity index (χ2v) is 12.6. The maximum absolute atomic E-state index is 12.4. The van der Waals surface area contributed by atoms with Crippen molar-refractivity contribution < 1.29 is 43.0 Å². The van der Waals surface area contributed by atoms with Crippen LogP contribution in [0.25, 0.3) is 0 Å². The van der Waals surface area contributed by atoms with E-state index < -0.39 is 39.2 Å². The van der Waals surface area contributed by atoms with Gasteiger partial charge in [-0.2, -0.15) is 0 Å². The number of hydrogen-bond acceptors (Lipinski definition) is 8. The summed E-state index contributed by atoms with van der Waals surface area (Å²) in [5.41, 5.74) is 0. The number of aliphatic hydroxyl groups is 2. The molecule has 0 amide bonds. The molecule has 0 aromatic heterocycles. The summed E-state index contributed by atoms with van der Waals surface area (Å²) in [5.74, 6) is -0.399. The Morgan fingerprint density at radius 1 is 0.698 bits per heavy atom. The summed E-state index contributed by atoms with van der Waals surface area (Å²) in [5, 5.41) is 18.2. The van der Waals surface area contributed by atoms with Crippen LogP contribution in [0, 0.1) is 0 Å². The quantitative estimate of drug-likeness (QED) is 0.0292. The number of unbranched alkanes of at least 4 members (excludes halogenated alkanes) is 14. The lowest BCUT2D eigenvalue weighted by Gasteiger charge is -2.20. The first-order valence-electron chi connectivity index (χ1n) is 16.8. The van der Waals surface area contributed by atoms with Gasteiger partial charge in [-0.3, -0.25) is 13.8 Å². The third-order valence-corrected chi connectivity index (χ3v) is 7.79. The predicted molar refractivity (Wildman–Crippen MR) is 173 cm³/mol. The van der Waals surface area contributed by atoms with Crippen LogP contribution in [-0.4, -0.2) is 66.3 Å². The molecule has 43 heavy (non-hydrogen) atoms. The van der Waals surface area contributed by atoms with Crippen LogP contribution in [0.5, 0.6) is 0 Å². The van der Waals surface area contributed by atoms with Crippen molar-refractivity contribution in [2.75, 3.05) is 33.0 Å². The van der Waals surface area contributed by atoms with Gasteiger partial charge in [-0.15, -0.1) is 0 Å². The molecule has 0 aliphatic heterocycles. The third kappa shape index (κ3) is 30.7. The normalized spacial score (nSPS) is 14.8. The SMILES string of the molecule is CCC/C=C\CCCCCCCC(=O)OC(COCCCCCCCC/C=C\CCCC)COP(=O)(O)OCC(O)CO. The number of carbonyl (C=O) groups is 1. The lowest BCUT2D eigenvalue weighted by atomic mass is 10.1. The highest BCUT2D eigenvalue weighted by Crippen LogP contribution is 2.43. The predicted octanol–water partition coefficient (Wildman–Crippen LogP) is 7.97. The Morgan fingerprint density at radius 3 is 1.84 bits per heavy atom. The monoisotopic (exact) mass is 634 g/mol. The molecule has 0 saturated carbocycles. The number of ether oxygens (including phenoxy) is 2. The molecule has 0 saturated heterocycles. The standard InChI is InChI=1S/C33H63O9P/c1-3-5-7-9-11-13-15-16-18-20-22-24-26-39-29-32(30-41-43(37,38)40-28-31(35)27-34)42-33(36)25-23-21-19-17-14-12-10-8-6-4-2/h8-11,31-32,34-35H,3-7,12-30H2,1-2H3,(H,37,38)/b10-8-,11-9-. The van der Waals surface area contributed by atoms with E-state index in [0.29, 0.717) is 6.61 Å². The van der Waals surface area contributed by atoms with Gasteiger partial charge in [0.1, 0.15) is 12.2 Å². The van der Waals surface area contributed by atoms with E-state index in [4.69, 9.17) is 23.6 Å². The number of phosphoric acid groups is 1. The van der Waals surface area contributed by atoms with Crippen LogP contribution in [0.3, 0.4) is 0 Å². The maximum Gasteiger partial charge on any atom is 0.472 e. The number of hydrogen-bond donors (Lipinski definition) is 3. The first-order chi connectivity index (χ1) is 20.8. The van der Waals surface area contributed by atoms with E-state index in [1.54, 1.807) is 0 Å². The van der Waals surface area contributed by atoms with Gasteiger partial charge in [0.2, 0.25) is 0 Å². The smallest absolute Gasteiger partial charge is 0.457 e. The fraction of sp³-hybridized carbons (Fsp3) is 0.848. The largest absolute Gasteiger partial charge is 0.472 e. The Hall–Kier alpha value is -1.06. The molecule has 0 aliphatic carbocycles. The molecule has 0 aromatic rings. The zero-order chi connectivity index (χ0) is 31.9. The van der Waals surface area contributed by atoms with Crippen molar-refractivity contribution >= 4 is 13.8 Å². The van der Waals surface area contributed by atoms with E-state index >= 15 is 0 Å². The van der Waals surface area contributed by atoms with Gasteiger partial charge in [0.15, 0.2) is 0 Å². The van der Waals surface area contributed by atoms with E-state index in [1.165, 1.54) is 44.9 Å². The van der Waals surface area contributed by atoms with Crippen LogP contribution in [0.2, 0.25) is 0 Å². The number of esters is 1. The van der Waals surface area contributed by atoms with Crippen LogP contribution in [0.15, 0.2) is 24.3 Å². The summed E-state index contributed by atoms with van der Waals surface area (Å²) in [6, 6.07) is 0. The topological polar surface area (TPSA) is 132 Å². The lowest BCUT2D eigenvalue weighted by molar-refractivity contribution is -0.154. The van der Waals surface area contributed by atoms with Crippen molar-refractivity contribution in [3.8, 4) is 0 Å². The van der Waals surface area contributed by atoms with Gasteiger partial charge >= 0.3 is 13.8 Å². The average Bonchev–Trinajstić information content (AvgIpc) is 2.99. The first-order valence-corrected chi connectivity index (χ1v) is 18.3. The zero-order valence-electron chi connectivity index (χ0n) is 27.2. The van der Waals surface area contributed by atoms with Crippen molar-refractivity contribution in [3.05, 3.63) is 24.3 Å². The van der Waals surface area contributed by atoms with Crippen LogP contribution >= 0.6 is 7.82 Å². The Bertz CT molecular complexity index is 729. The fourth-order valence-corrected chi connectivity index (χ4v) is 5.01. The molecule has 0 aromatic carbocycles. The van der Waals surface area contributed by atoms with Crippen LogP contribution in [0.4, 0.5) is 0 Å². The Kier molecular flexibility index (Phi) is 30.2. The second-order valence-electron chi connectivity index (χ2n) is 11.2. The first kappa shape index (κ1) is 41.9. The van der Waals surface area contributed by atoms with Gasteiger partial charge in [-0.25, -0.2) is 4.57 Å². The van der Waals surface area contributed by atoms with Crippen molar-refractivity contribution in [2.24, 2.45) is 0 Å². The average molecular weight is 635 g/mol. The highest BCUT2D eigenvalue weighted by atomic mass is 31.2. The van der Waals surface area contributed by atoms with Gasteiger partial charge < -0.3 is 24.6 Å². The van der Waals surface area contributed by atoms with Gasteiger partial charge in [0, 0.05) is 13.0 Å². The van der Waals surface area contributed by atoms with Crippen LogP contribution in [0.1, 0.15) is 136 Å². The van der Waals surface area contributed by atoms with Crippen LogP contribution in [-0.2, 0) is 27.9 Å². The molecule has 3 unspecified atom stereocenters. The molecule has 0 bridgehead atoms. The highest BCUT2D eigenvalue weighted by molar-refractivity contribution is 7.47. The molecule has 0 radical (unpaired) electrons. The molecule has 0 rings (SSSR count). The Balaban J connectivity index is 4.31. The minimum atomic E-state index is -4.50. The van der Waals surface area contributed by atoms with E-state index in [1.807, 2.05) is 0 Å². The maximum atomic E-state index is 12.4. The van der Waals surface area contributed by atoms with Crippen molar-refractivity contribution in [2.45, 2.75) is 148 Å². The summed E-state index contributed by atoms with van der Waals surface area (Å²) in [7, 11) is -4.50. The van der Waals surface area contributed by atoms with Crippen molar-refractivity contribution in [1.29, 1.82) is 0 Å². The van der Waals surface area contributed by atoms with E-state index in [9.17, 15) is 19.4 Å². The Morgan fingerprint density at radius 2 is 1.23 bits per heavy atom. The molecule has 0 aliphatic rings. The van der Waals surface area contributed by atoms with Crippen molar-refractivity contribution in [3.63, 3.8) is 0 Å². The molecule has 0 fully saturated rings. The minimum absolute atomic E-state index is 0.0426. The lowest BCUT2D eigenvalue weighted by Crippen LogP contribution is -2.29. The molecule has 3 atom stereocenters. The molecule has 0 spiro atoms. The number of carbonyl (C=O) groups excluding carboxylic acids is 1. The van der Waals surface area contributed by atoms with E-state index in [-0.39, 0.29) is 19.6 Å². The molecule has 254 valence electrons. The molecular formula is C33H63O9P. The number of allylic oxidation sites excluding steroid dienone is 4. The van der Waals surface area contributed by atoms with E-state index in [0.717, 1.165) is 70.6 Å². The molecule has 9 nitrogen and oxygen atoms in total. The highest BCUT2D eigenvalue weighted by Gasteiger charge is 2.26. The summed E-state index contributed by atoms with van der Waals surface area (Å²) in [6.07, 6.45) is 27.1. The fourth-order valence-electron chi connectivity index (χ4n) is 4.22. The van der Waals surface area contributed by atoms with E-state index in [2.05, 4.69) is 38.2 Å². The number of phosphoric ester groups is 1. The van der Waals surface area contributed by atoms with Gasteiger partial charge in [0.25, 0.3) is 0 Å². The number of aliphatic hydroxyl groups excluding tert-OH is 2. The second kappa shape index (κ2) is 30.9. The minimum Gasteiger partial charge on any atom is -0.457 e. The molecule has 10 heteroatoms. The molecular weight excluding hydrogens is 571 g/mol. The van der Waals surface area contributed by atoms with Crippen LogP contribution < -0.4 is 0 Å². The van der Waals surface area contributed by atoms with Crippen molar-refractivity contribution in [1.82, 2.24) is 0 Å². The number of rotatable bonds is 32. The van der Waals surface area contributed by atoms with Gasteiger partial charge in [-0.05, 0) is 51.4 Å². The third-order valence-electron chi connectivity index (χ3n) is 6.84. The zero-order valence-corrected chi connectivity index (χ0v) is 28.1. The van der Waals surface area contributed by atoms with Gasteiger partial charge in [-0.1, -0.05) is 102 Å². The summed E-state index contributed by atoms with van der Waals surface area (Å²) >= 11 is 0. The molecule has 0 heterocycles.